The van der Waals surface area contributed by atoms with E-state index in [1.54, 1.807) is 13.3 Å². The average molecular weight is 364 g/mol. The third kappa shape index (κ3) is 3.16. The number of benzene rings is 1. The number of aromatic nitrogens is 3. The van der Waals surface area contributed by atoms with Gasteiger partial charge in [0.15, 0.2) is 5.82 Å². The second-order valence-corrected chi connectivity index (χ2v) is 6.50. The Labute approximate surface area is 156 Å². The van der Waals surface area contributed by atoms with Gasteiger partial charge in [0.2, 0.25) is 11.7 Å². The number of aliphatic imine (C=N–C) groups is 1. The maximum atomic E-state index is 12.7. The number of aryl methyl sites for hydroxylation is 1. The maximum absolute atomic E-state index is 12.7. The van der Waals surface area contributed by atoms with Gasteiger partial charge in [0.05, 0.1) is 36.8 Å². The van der Waals surface area contributed by atoms with Crippen LogP contribution in [0.3, 0.4) is 0 Å². The van der Waals surface area contributed by atoms with Crippen molar-refractivity contribution >= 4 is 22.7 Å². The Bertz CT molecular complexity index is 1070. The molecule has 7 nitrogen and oxygen atoms in total. The van der Waals surface area contributed by atoms with E-state index in [-0.39, 0.29) is 12.2 Å². The molecule has 0 fully saturated rings. The number of ketones is 1. The van der Waals surface area contributed by atoms with Crippen LogP contribution in [0.2, 0.25) is 0 Å². The summed E-state index contributed by atoms with van der Waals surface area (Å²) in [5, 5.41) is 0. The van der Waals surface area contributed by atoms with E-state index in [0.29, 0.717) is 30.6 Å². The van der Waals surface area contributed by atoms with Gasteiger partial charge in [-0.3, -0.25) is 9.78 Å². The minimum atomic E-state index is -0.122. The molecule has 0 unspecified atom stereocenters. The Hall–Kier alpha value is -3.22. The minimum Gasteiger partial charge on any atom is -0.496 e. The molecule has 0 spiro atoms. The van der Waals surface area contributed by atoms with Crippen molar-refractivity contribution in [1.29, 1.82) is 0 Å². The SMILES string of the molecule is COc1c(C)cnc(CC(=O)c2nc3ccc(C4=NCCO4)cc3[nH]2)c1C. The number of H-pyrrole nitrogens is 1. The van der Waals surface area contributed by atoms with E-state index >= 15 is 0 Å². The molecule has 0 amide bonds. The monoisotopic (exact) mass is 364 g/mol. The van der Waals surface area contributed by atoms with Crippen LogP contribution < -0.4 is 4.74 Å². The molecule has 27 heavy (non-hydrogen) atoms. The summed E-state index contributed by atoms with van der Waals surface area (Å²) in [6, 6.07) is 5.67. The van der Waals surface area contributed by atoms with Gasteiger partial charge in [0.1, 0.15) is 12.4 Å². The zero-order valence-corrected chi connectivity index (χ0v) is 15.5. The van der Waals surface area contributed by atoms with Gasteiger partial charge in [-0.2, -0.15) is 0 Å². The van der Waals surface area contributed by atoms with Crippen molar-refractivity contribution in [3.8, 4) is 5.75 Å². The largest absolute Gasteiger partial charge is 0.496 e. The Morgan fingerprint density at radius 2 is 2.19 bits per heavy atom. The lowest BCUT2D eigenvalue weighted by molar-refractivity contribution is 0.0983. The van der Waals surface area contributed by atoms with Crippen LogP contribution in [-0.4, -0.2) is 46.9 Å². The van der Waals surface area contributed by atoms with Gasteiger partial charge in [-0.15, -0.1) is 0 Å². The van der Waals surface area contributed by atoms with Crippen molar-refractivity contribution in [3.05, 3.63) is 52.6 Å². The molecule has 3 aromatic rings. The smallest absolute Gasteiger partial charge is 0.216 e. The van der Waals surface area contributed by atoms with Crippen molar-refractivity contribution in [2.45, 2.75) is 20.3 Å². The van der Waals surface area contributed by atoms with Crippen LogP contribution in [0, 0.1) is 13.8 Å². The molecule has 138 valence electrons. The van der Waals surface area contributed by atoms with Crippen molar-refractivity contribution in [1.82, 2.24) is 15.0 Å². The van der Waals surface area contributed by atoms with Crippen molar-refractivity contribution in [3.63, 3.8) is 0 Å². The lowest BCUT2D eigenvalue weighted by atomic mass is 10.1. The number of hydrogen-bond donors (Lipinski definition) is 1. The molecule has 0 atom stereocenters. The van der Waals surface area contributed by atoms with E-state index in [4.69, 9.17) is 9.47 Å². The molecule has 0 saturated heterocycles. The fourth-order valence-corrected chi connectivity index (χ4v) is 3.27. The molecule has 1 aromatic carbocycles. The van der Waals surface area contributed by atoms with Crippen LogP contribution in [0.1, 0.15) is 33.0 Å². The number of nitrogens with one attached hydrogen (secondary N) is 1. The van der Waals surface area contributed by atoms with Crippen molar-refractivity contribution in [2.75, 3.05) is 20.3 Å². The first-order valence-electron chi connectivity index (χ1n) is 8.76. The lowest BCUT2D eigenvalue weighted by Crippen LogP contribution is -2.09. The summed E-state index contributed by atoms with van der Waals surface area (Å²) in [6.45, 7) is 5.12. The zero-order valence-electron chi connectivity index (χ0n) is 15.5. The van der Waals surface area contributed by atoms with Gasteiger partial charge in [-0.1, -0.05) is 0 Å². The lowest BCUT2D eigenvalue weighted by Gasteiger charge is -2.11. The molecule has 4 rings (SSSR count). The van der Waals surface area contributed by atoms with E-state index in [9.17, 15) is 4.79 Å². The summed E-state index contributed by atoms with van der Waals surface area (Å²) in [5.74, 6) is 1.59. The molecule has 0 saturated carbocycles. The molecule has 1 aliphatic rings. The first-order chi connectivity index (χ1) is 13.1. The highest BCUT2D eigenvalue weighted by Gasteiger charge is 2.18. The summed E-state index contributed by atoms with van der Waals surface area (Å²) < 4.78 is 10.9. The third-order valence-electron chi connectivity index (χ3n) is 4.66. The number of rotatable bonds is 5. The fraction of sp³-hybridized carbons (Fsp3) is 0.300. The molecule has 3 heterocycles. The molecule has 1 N–H and O–H groups in total. The molecule has 1 aliphatic heterocycles. The van der Waals surface area contributed by atoms with Crippen LogP contribution >= 0.6 is 0 Å². The highest BCUT2D eigenvalue weighted by molar-refractivity contribution is 6.00. The minimum absolute atomic E-state index is 0.122. The molecule has 0 aliphatic carbocycles. The number of nitrogens with zero attached hydrogens (tertiary/aromatic N) is 3. The van der Waals surface area contributed by atoms with Gasteiger partial charge < -0.3 is 14.5 Å². The third-order valence-corrected chi connectivity index (χ3v) is 4.66. The van der Waals surface area contributed by atoms with Crippen molar-refractivity contribution in [2.24, 2.45) is 4.99 Å². The van der Waals surface area contributed by atoms with E-state index in [0.717, 1.165) is 33.5 Å². The molecule has 7 heteroatoms. The quantitative estimate of drug-likeness (QED) is 0.703. The number of pyridine rings is 1. The molecular weight excluding hydrogens is 344 g/mol. The number of ether oxygens (including phenoxy) is 2. The Kier molecular flexibility index (Phi) is 4.35. The number of fused-ring (bicyclic) bond motifs is 1. The first-order valence-corrected chi connectivity index (χ1v) is 8.76. The van der Waals surface area contributed by atoms with E-state index in [2.05, 4.69) is 19.9 Å². The Balaban J connectivity index is 1.61. The summed E-state index contributed by atoms with van der Waals surface area (Å²) in [7, 11) is 1.62. The van der Waals surface area contributed by atoms with Crippen LogP contribution in [0.4, 0.5) is 0 Å². The van der Waals surface area contributed by atoms with Crippen LogP contribution in [0.15, 0.2) is 29.4 Å². The standard InChI is InChI=1S/C20H20N4O3/c1-11-10-22-15(12(2)18(11)26-3)9-17(25)19-23-14-5-4-13(8-16(14)24-19)20-21-6-7-27-20/h4-5,8,10H,6-7,9H2,1-3H3,(H,23,24). The Morgan fingerprint density at radius 1 is 1.33 bits per heavy atom. The summed E-state index contributed by atoms with van der Waals surface area (Å²) in [5.41, 5.74) is 4.90. The highest BCUT2D eigenvalue weighted by atomic mass is 16.5. The highest BCUT2D eigenvalue weighted by Crippen LogP contribution is 2.25. The first kappa shape index (κ1) is 17.2. The number of aromatic amines is 1. The fourth-order valence-electron chi connectivity index (χ4n) is 3.27. The molecule has 0 radical (unpaired) electrons. The van der Waals surface area contributed by atoms with E-state index in [1.807, 2.05) is 32.0 Å². The van der Waals surface area contributed by atoms with Crippen LogP contribution in [-0.2, 0) is 11.2 Å². The molecule has 2 aromatic heterocycles. The number of hydrogen-bond acceptors (Lipinski definition) is 6. The van der Waals surface area contributed by atoms with Gasteiger partial charge in [-0.25, -0.2) is 9.98 Å². The van der Waals surface area contributed by atoms with Gasteiger partial charge in [-0.05, 0) is 32.0 Å². The Morgan fingerprint density at radius 3 is 2.93 bits per heavy atom. The maximum Gasteiger partial charge on any atom is 0.216 e. The topological polar surface area (TPSA) is 89.5 Å². The van der Waals surface area contributed by atoms with Gasteiger partial charge in [0, 0.05) is 22.9 Å². The number of carbonyl (C=O) groups is 1. The van der Waals surface area contributed by atoms with Gasteiger partial charge in [0.25, 0.3) is 0 Å². The predicted octanol–water partition coefficient (Wildman–Crippen LogP) is 2.79. The average Bonchev–Trinajstić information content (AvgIpc) is 3.33. The van der Waals surface area contributed by atoms with E-state index < -0.39 is 0 Å². The number of imidazole rings is 1. The normalized spacial score (nSPS) is 13.5. The molecule has 0 bridgehead atoms. The summed E-state index contributed by atoms with van der Waals surface area (Å²) in [6.07, 6.45) is 1.88. The van der Waals surface area contributed by atoms with Crippen molar-refractivity contribution < 1.29 is 14.3 Å². The number of carbonyl (C=O) groups excluding carboxylic acids is 1. The zero-order chi connectivity index (χ0) is 19.0. The second kappa shape index (κ2) is 6.83. The van der Waals surface area contributed by atoms with Crippen LogP contribution in [0.5, 0.6) is 5.75 Å². The summed E-state index contributed by atoms with van der Waals surface area (Å²) in [4.78, 5) is 29.0. The molecular formula is C20H20N4O3. The predicted molar refractivity (Wildman–Crippen MR) is 102 cm³/mol. The number of methoxy groups -OCH3 is 1. The van der Waals surface area contributed by atoms with Crippen LogP contribution in [0.25, 0.3) is 11.0 Å². The summed E-state index contributed by atoms with van der Waals surface area (Å²) >= 11 is 0. The number of Topliss-reactive ketones (excluding diaryl/α,β-unsaturated/α-hetero) is 1. The second-order valence-electron chi connectivity index (χ2n) is 6.50. The van der Waals surface area contributed by atoms with E-state index in [1.165, 1.54) is 0 Å². The van der Waals surface area contributed by atoms with Gasteiger partial charge >= 0.3 is 0 Å².